The van der Waals surface area contributed by atoms with Crippen molar-refractivity contribution < 1.29 is 5.11 Å². The van der Waals surface area contributed by atoms with Gasteiger partial charge in [0, 0.05) is 6.20 Å². The number of pyridine rings is 1. The summed E-state index contributed by atoms with van der Waals surface area (Å²) in [5, 5.41) is 10.0. The van der Waals surface area contributed by atoms with E-state index in [1.54, 1.807) is 6.20 Å². The van der Waals surface area contributed by atoms with E-state index in [9.17, 15) is 5.11 Å². The average molecular weight is 253 g/mol. The van der Waals surface area contributed by atoms with Crippen molar-refractivity contribution in [3.8, 4) is 5.75 Å². The van der Waals surface area contributed by atoms with Crippen LogP contribution in [0.1, 0.15) is 33.5 Å². The highest BCUT2D eigenvalue weighted by Gasteiger charge is 2.11. The zero-order valence-corrected chi connectivity index (χ0v) is 11.9. The molecule has 0 radical (unpaired) electrons. The van der Waals surface area contributed by atoms with Crippen LogP contribution in [0.5, 0.6) is 5.75 Å². The number of aromatic nitrogens is 1. The highest BCUT2D eigenvalue weighted by atomic mass is 16.3. The smallest absolute Gasteiger partial charge is 0.121 e. The van der Waals surface area contributed by atoms with Gasteiger partial charge in [0.2, 0.25) is 0 Å². The Morgan fingerprint density at radius 2 is 1.53 bits per heavy atom. The number of hydrogen-bond donors (Lipinski definition) is 1. The maximum absolute atomic E-state index is 10.0. The van der Waals surface area contributed by atoms with Gasteiger partial charge in [0.05, 0.1) is 5.69 Å². The molecular formula is C17H19NO. The van der Waals surface area contributed by atoms with Crippen LogP contribution in [0.15, 0.2) is 24.4 Å². The molecule has 1 aromatic heterocycles. The van der Waals surface area contributed by atoms with Crippen molar-refractivity contribution in [3.05, 3.63) is 57.9 Å². The third-order valence-electron chi connectivity index (χ3n) is 3.75. The predicted molar refractivity (Wildman–Crippen MR) is 80.2 cm³/mol. The van der Waals surface area contributed by atoms with Gasteiger partial charge >= 0.3 is 0 Å². The van der Waals surface area contributed by atoms with Crippen LogP contribution in [-0.2, 0) is 0 Å². The molecule has 2 aromatic rings. The molecule has 2 rings (SSSR count). The first-order valence-corrected chi connectivity index (χ1v) is 6.40. The van der Waals surface area contributed by atoms with E-state index in [0.29, 0.717) is 5.75 Å². The number of hydrogen-bond acceptors (Lipinski definition) is 2. The van der Waals surface area contributed by atoms with E-state index in [1.165, 1.54) is 5.56 Å². The van der Waals surface area contributed by atoms with Crippen LogP contribution in [0.25, 0.3) is 12.2 Å². The average Bonchev–Trinajstić information content (AvgIpc) is 2.44. The Hall–Kier alpha value is -2.09. The lowest BCUT2D eigenvalue weighted by atomic mass is 9.92. The summed E-state index contributed by atoms with van der Waals surface area (Å²) in [6.45, 7) is 7.99. The Morgan fingerprint density at radius 1 is 0.895 bits per heavy atom. The number of benzene rings is 1. The van der Waals surface area contributed by atoms with Gasteiger partial charge in [-0.3, -0.25) is 4.98 Å². The van der Waals surface area contributed by atoms with Crippen molar-refractivity contribution >= 4 is 12.2 Å². The fraction of sp³-hybridized carbons (Fsp3) is 0.235. The first-order chi connectivity index (χ1) is 9.02. The number of phenolic OH excluding ortho intramolecular Hbond substituents is 1. The number of rotatable bonds is 2. The fourth-order valence-corrected chi connectivity index (χ4v) is 2.21. The third-order valence-corrected chi connectivity index (χ3v) is 3.75. The van der Waals surface area contributed by atoms with Crippen LogP contribution in [-0.4, -0.2) is 10.1 Å². The van der Waals surface area contributed by atoms with E-state index in [0.717, 1.165) is 27.9 Å². The predicted octanol–water partition coefficient (Wildman–Crippen LogP) is 4.19. The first kappa shape index (κ1) is 13.3. The van der Waals surface area contributed by atoms with Gasteiger partial charge in [-0.15, -0.1) is 0 Å². The van der Waals surface area contributed by atoms with E-state index in [4.69, 9.17) is 0 Å². The molecule has 0 spiro atoms. The standard InChI is InChI=1S/C17H19NO/c1-11-13(3)17(19)14(4)12(2)16(11)9-8-15-7-5-6-10-18-15/h5-10,19H,1-4H3/b9-8+. The summed E-state index contributed by atoms with van der Waals surface area (Å²) in [7, 11) is 0. The second-order valence-corrected chi connectivity index (χ2v) is 4.85. The van der Waals surface area contributed by atoms with Crippen molar-refractivity contribution in [2.24, 2.45) is 0 Å². The number of nitrogens with zero attached hydrogens (tertiary/aromatic N) is 1. The zero-order valence-electron chi connectivity index (χ0n) is 11.9. The van der Waals surface area contributed by atoms with Gasteiger partial charge in [-0.2, -0.15) is 0 Å². The van der Waals surface area contributed by atoms with Crippen LogP contribution in [0.2, 0.25) is 0 Å². The molecule has 0 aliphatic heterocycles. The maximum Gasteiger partial charge on any atom is 0.121 e. The minimum absolute atomic E-state index is 0.407. The Bertz CT molecular complexity index is 598. The van der Waals surface area contributed by atoms with Gasteiger partial charge in [0.1, 0.15) is 5.75 Å². The van der Waals surface area contributed by atoms with E-state index in [2.05, 4.69) is 11.1 Å². The molecule has 1 N–H and O–H groups in total. The minimum atomic E-state index is 0.407. The SMILES string of the molecule is Cc1c(C)c(/C=C/c2ccccn2)c(C)c(C)c1O. The largest absolute Gasteiger partial charge is 0.507 e. The molecule has 0 aliphatic rings. The quantitative estimate of drug-likeness (QED) is 0.870. The maximum atomic E-state index is 10.0. The minimum Gasteiger partial charge on any atom is -0.507 e. The molecule has 0 atom stereocenters. The molecule has 2 heteroatoms. The summed E-state index contributed by atoms with van der Waals surface area (Å²) in [6, 6.07) is 5.85. The van der Waals surface area contributed by atoms with Gasteiger partial charge in [-0.05, 0) is 73.7 Å². The summed E-state index contributed by atoms with van der Waals surface area (Å²) < 4.78 is 0. The van der Waals surface area contributed by atoms with E-state index >= 15 is 0 Å². The highest BCUT2D eigenvalue weighted by molar-refractivity contribution is 5.74. The highest BCUT2D eigenvalue weighted by Crippen LogP contribution is 2.32. The monoisotopic (exact) mass is 253 g/mol. The van der Waals surface area contributed by atoms with Crippen LogP contribution in [0, 0.1) is 27.7 Å². The lowest BCUT2D eigenvalue weighted by Gasteiger charge is -2.14. The molecule has 0 amide bonds. The van der Waals surface area contributed by atoms with E-state index in [1.807, 2.05) is 52.0 Å². The number of aromatic hydroxyl groups is 1. The fourth-order valence-electron chi connectivity index (χ4n) is 2.21. The molecule has 1 aromatic carbocycles. The normalized spacial score (nSPS) is 11.2. The summed E-state index contributed by atoms with van der Waals surface area (Å²) in [5.74, 6) is 0.407. The van der Waals surface area contributed by atoms with Gasteiger partial charge in [-0.25, -0.2) is 0 Å². The van der Waals surface area contributed by atoms with Crippen molar-refractivity contribution in [2.75, 3.05) is 0 Å². The Balaban J connectivity index is 2.50. The zero-order chi connectivity index (χ0) is 14.0. The molecule has 0 unspecified atom stereocenters. The summed E-state index contributed by atoms with van der Waals surface area (Å²) >= 11 is 0. The first-order valence-electron chi connectivity index (χ1n) is 6.40. The summed E-state index contributed by atoms with van der Waals surface area (Å²) in [5.41, 5.74) is 6.23. The molecule has 1 heterocycles. The van der Waals surface area contributed by atoms with Gasteiger partial charge < -0.3 is 5.11 Å². The van der Waals surface area contributed by atoms with E-state index in [-0.39, 0.29) is 0 Å². The van der Waals surface area contributed by atoms with Crippen molar-refractivity contribution in [1.82, 2.24) is 4.98 Å². The van der Waals surface area contributed by atoms with Crippen LogP contribution in [0.4, 0.5) is 0 Å². The summed E-state index contributed by atoms with van der Waals surface area (Å²) in [6.07, 6.45) is 5.87. The second kappa shape index (κ2) is 5.27. The molecule has 98 valence electrons. The van der Waals surface area contributed by atoms with Gasteiger partial charge in [-0.1, -0.05) is 12.1 Å². The molecule has 0 aliphatic carbocycles. The second-order valence-electron chi connectivity index (χ2n) is 4.85. The lowest BCUT2D eigenvalue weighted by Crippen LogP contribution is -1.95. The van der Waals surface area contributed by atoms with Gasteiger partial charge in [0.25, 0.3) is 0 Å². The Kier molecular flexibility index (Phi) is 3.70. The molecule has 0 fully saturated rings. The topological polar surface area (TPSA) is 33.1 Å². The van der Waals surface area contributed by atoms with Crippen molar-refractivity contribution in [2.45, 2.75) is 27.7 Å². The molecule has 19 heavy (non-hydrogen) atoms. The number of phenols is 1. The molecular weight excluding hydrogens is 234 g/mol. The van der Waals surface area contributed by atoms with Crippen molar-refractivity contribution in [3.63, 3.8) is 0 Å². The Morgan fingerprint density at radius 3 is 2.05 bits per heavy atom. The lowest BCUT2D eigenvalue weighted by molar-refractivity contribution is 0.465. The molecule has 0 bridgehead atoms. The molecule has 0 saturated carbocycles. The Labute approximate surface area is 114 Å². The van der Waals surface area contributed by atoms with Crippen molar-refractivity contribution in [1.29, 1.82) is 0 Å². The van der Waals surface area contributed by atoms with Crippen LogP contribution >= 0.6 is 0 Å². The van der Waals surface area contributed by atoms with Gasteiger partial charge in [0.15, 0.2) is 0 Å². The molecule has 2 nitrogen and oxygen atoms in total. The summed E-state index contributed by atoms with van der Waals surface area (Å²) in [4.78, 5) is 4.28. The molecule has 0 saturated heterocycles. The van der Waals surface area contributed by atoms with Crippen LogP contribution < -0.4 is 0 Å². The third kappa shape index (κ3) is 2.53. The van der Waals surface area contributed by atoms with E-state index < -0.39 is 0 Å². The van der Waals surface area contributed by atoms with Crippen LogP contribution in [0.3, 0.4) is 0 Å².